The topological polar surface area (TPSA) is 93.2 Å². The molecule has 2 saturated heterocycles. The van der Waals surface area contributed by atoms with Crippen LogP contribution in [0, 0.1) is 0 Å². The van der Waals surface area contributed by atoms with Crippen LogP contribution in [0.5, 0.6) is 0 Å². The van der Waals surface area contributed by atoms with Crippen LogP contribution < -0.4 is 0 Å². The fourth-order valence-electron chi connectivity index (χ4n) is 5.07. The fraction of sp³-hybridized carbons (Fsp3) is 0.481. The summed E-state index contributed by atoms with van der Waals surface area (Å²) in [5, 5.41) is 0. The number of hydrogen-bond acceptors (Lipinski definition) is 6. The summed E-state index contributed by atoms with van der Waals surface area (Å²) in [4.78, 5) is 26.7. The van der Waals surface area contributed by atoms with Gasteiger partial charge in [0, 0.05) is 12.0 Å². The summed E-state index contributed by atoms with van der Waals surface area (Å²) in [6.07, 6.45) is -0.790. The van der Waals surface area contributed by atoms with Gasteiger partial charge in [-0.05, 0) is 59.1 Å². The minimum absolute atomic E-state index is 0.0760. The number of esters is 1. The van der Waals surface area contributed by atoms with E-state index in [0.717, 1.165) is 11.1 Å². The third kappa shape index (κ3) is 4.74. The first-order valence-corrected chi connectivity index (χ1v) is 13.4. The zero-order chi connectivity index (χ0) is 26.5. The number of ether oxygens (including phenoxy) is 2. The molecule has 2 aromatic carbocycles. The zero-order valence-corrected chi connectivity index (χ0v) is 22.4. The number of nitrogens with zero attached hydrogens (tertiary/aromatic N) is 2. The smallest absolute Gasteiger partial charge is 0.426 e. The van der Waals surface area contributed by atoms with Crippen molar-refractivity contribution in [1.82, 2.24) is 8.61 Å². The van der Waals surface area contributed by atoms with Crippen LogP contribution in [0.25, 0.3) is 0 Å². The maximum absolute atomic E-state index is 13.9. The number of rotatable bonds is 3. The van der Waals surface area contributed by atoms with Crippen LogP contribution >= 0.6 is 0 Å². The van der Waals surface area contributed by atoms with Crippen LogP contribution in [-0.4, -0.2) is 58.9 Å². The molecule has 36 heavy (non-hydrogen) atoms. The third-order valence-corrected chi connectivity index (χ3v) is 8.26. The summed E-state index contributed by atoms with van der Waals surface area (Å²) in [5.74, 6) is -0.777. The predicted molar refractivity (Wildman–Crippen MR) is 135 cm³/mol. The Morgan fingerprint density at radius 3 is 1.75 bits per heavy atom. The summed E-state index contributed by atoms with van der Waals surface area (Å²) in [6, 6.07) is 17.1. The van der Waals surface area contributed by atoms with Crippen LogP contribution in [0.3, 0.4) is 0 Å². The van der Waals surface area contributed by atoms with Gasteiger partial charge in [0.25, 0.3) is 0 Å². The molecule has 2 atom stereocenters. The number of fused-ring (bicyclic) bond motifs is 1. The molecule has 2 fully saturated rings. The first-order chi connectivity index (χ1) is 16.7. The van der Waals surface area contributed by atoms with Gasteiger partial charge in [-0.15, -0.1) is 0 Å². The van der Waals surface area contributed by atoms with E-state index < -0.39 is 51.0 Å². The normalized spacial score (nSPS) is 23.2. The zero-order valence-electron chi connectivity index (χ0n) is 21.6. The number of carbonyl (C=O) groups excluding carboxylic acids is 2. The molecule has 2 aliphatic heterocycles. The van der Waals surface area contributed by atoms with Crippen LogP contribution in [0.1, 0.15) is 59.1 Å². The largest absolute Gasteiger partial charge is 0.458 e. The van der Waals surface area contributed by atoms with Crippen LogP contribution in [0.2, 0.25) is 0 Å². The molecule has 0 spiro atoms. The number of carbonyl (C=O) groups is 2. The molecule has 0 saturated carbocycles. The molecule has 0 unspecified atom stereocenters. The molecule has 0 N–H and O–H groups in total. The number of amides is 1. The van der Waals surface area contributed by atoms with Crippen molar-refractivity contribution >= 4 is 22.3 Å². The average Bonchev–Trinajstić information content (AvgIpc) is 3.27. The van der Waals surface area contributed by atoms with Crippen molar-refractivity contribution in [3.05, 3.63) is 71.8 Å². The summed E-state index contributed by atoms with van der Waals surface area (Å²) < 4.78 is 40.7. The van der Waals surface area contributed by atoms with E-state index in [4.69, 9.17) is 9.47 Å². The van der Waals surface area contributed by atoms with Crippen LogP contribution in [0.15, 0.2) is 60.7 Å². The van der Waals surface area contributed by atoms with E-state index in [1.807, 2.05) is 60.7 Å². The van der Waals surface area contributed by atoms with Crippen molar-refractivity contribution < 1.29 is 27.5 Å². The van der Waals surface area contributed by atoms with Crippen molar-refractivity contribution in [3.8, 4) is 0 Å². The highest BCUT2D eigenvalue weighted by Crippen LogP contribution is 2.50. The van der Waals surface area contributed by atoms with E-state index in [1.54, 1.807) is 41.5 Å². The number of benzene rings is 2. The van der Waals surface area contributed by atoms with Crippen molar-refractivity contribution in [1.29, 1.82) is 0 Å². The molecule has 2 aromatic rings. The Morgan fingerprint density at radius 2 is 1.31 bits per heavy atom. The first-order valence-electron chi connectivity index (χ1n) is 12.0. The van der Waals surface area contributed by atoms with Gasteiger partial charge in [-0.3, -0.25) is 0 Å². The minimum atomic E-state index is -4.38. The Hall–Kier alpha value is -2.91. The van der Waals surface area contributed by atoms with Crippen molar-refractivity contribution in [2.75, 3.05) is 6.54 Å². The highest BCUT2D eigenvalue weighted by atomic mass is 32.2. The molecule has 8 nitrogen and oxygen atoms in total. The third-order valence-electron chi connectivity index (χ3n) is 6.39. The van der Waals surface area contributed by atoms with E-state index in [1.165, 1.54) is 4.31 Å². The predicted octanol–water partition coefficient (Wildman–Crippen LogP) is 4.25. The van der Waals surface area contributed by atoms with Crippen molar-refractivity contribution in [3.63, 3.8) is 0 Å². The maximum atomic E-state index is 13.9. The lowest BCUT2D eigenvalue weighted by molar-refractivity contribution is -0.160. The van der Waals surface area contributed by atoms with E-state index in [2.05, 4.69) is 0 Å². The number of hydrogen-bond donors (Lipinski definition) is 0. The average molecular weight is 515 g/mol. The maximum Gasteiger partial charge on any atom is 0.426 e. The molecule has 0 bridgehead atoms. The molecular weight excluding hydrogens is 480 g/mol. The summed E-state index contributed by atoms with van der Waals surface area (Å²) in [6.45, 7) is 10.1. The van der Waals surface area contributed by atoms with Crippen molar-refractivity contribution in [2.45, 2.75) is 76.7 Å². The molecule has 2 heterocycles. The highest BCUT2D eigenvalue weighted by molar-refractivity contribution is 7.87. The van der Waals surface area contributed by atoms with Gasteiger partial charge in [-0.1, -0.05) is 60.7 Å². The van der Waals surface area contributed by atoms with Gasteiger partial charge in [0.1, 0.15) is 11.2 Å². The van der Waals surface area contributed by atoms with Gasteiger partial charge >= 0.3 is 22.3 Å². The lowest BCUT2D eigenvalue weighted by atomic mass is 9.72. The Bertz CT molecular complexity index is 1190. The quantitative estimate of drug-likeness (QED) is 0.569. The molecule has 194 valence electrons. The lowest BCUT2D eigenvalue weighted by Gasteiger charge is -2.34. The van der Waals surface area contributed by atoms with Crippen LogP contribution in [0.4, 0.5) is 4.79 Å². The molecule has 1 amide bonds. The molecule has 9 heteroatoms. The molecule has 2 aliphatic rings. The van der Waals surface area contributed by atoms with Gasteiger partial charge in [-0.2, -0.15) is 17.0 Å². The van der Waals surface area contributed by atoms with Gasteiger partial charge in [-0.25, -0.2) is 9.59 Å². The van der Waals surface area contributed by atoms with Gasteiger partial charge in [0.15, 0.2) is 6.04 Å². The van der Waals surface area contributed by atoms with Crippen LogP contribution in [-0.2, 0) is 29.9 Å². The summed E-state index contributed by atoms with van der Waals surface area (Å²) in [7, 11) is -4.38. The Labute approximate surface area is 213 Å². The second-order valence-electron chi connectivity index (χ2n) is 11.4. The lowest BCUT2D eigenvalue weighted by Crippen LogP contribution is -2.51. The fourth-order valence-corrected chi connectivity index (χ4v) is 6.95. The molecule has 4 rings (SSSR count). The Kier molecular flexibility index (Phi) is 6.46. The first kappa shape index (κ1) is 26.2. The molecule has 0 aliphatic carbocycles. The Morgan fingerprint density at radius 1 is 0.833 bits per heavy atom. The summed E-state index contributed by atoms with van der Waals surface area (Å²) >= 11 is 0. The van der Waals surface area contributed by atoms with Crippen molar-refractivity contribution in [2.24, 2.45) is 0 Å². The van der Waals surface area contributed by atoms with E-state index >= 15 is 0 Å². The van der Waals surface area contributed by atoms with E-state index in [0.29, 0.717) is 10.7 Å². The standard InChI is InChI=1S/C27H34N2O6S/c1-25(2,3)34-23(30)22-21-17-27(19-13-9-7-10-14-19,20-15-11-8-12-16-20)18-28(21)36(32,33)29(22)24(31)35-26(4,5)6/h7-16,21-22H,17-18H2,1-6H3/t21-,22-/m1/s1. The van der Waals surface area contributed by atoms with Gasteiger partial charge in [0.05, 0.1) is 6.04 Å². The second kappa shape index (κ2) is 8.88. The summed E-state index contributed by atoms with van der Waals surface area (Å²) in [5.41, 5.74) is -0.654. The SMILES string of the molecule is CC(C)(C)OC(=O)[C@H]1[C@H]2CC(c3ccccc3)(c3ccccc3)CN2S(=O)(=O)N1C(=O)OC(C)(C)C. The van der Waals surface area contributed by atoms with E-state index in [9.17, 15) is 18.0 Å². The second-order valence-corrected chi connectivity index (χ2v) is 13.2. The Balaban J connectivity index is 1.84. The van der Waals surface area contributed by atoms with Gasteiger partial charge in [0.2, 0.25) is 0 Å². The van der Waals surface area contributed by atoms with Gasteiger partial charge < -0.3 is 9.47 Å². The molecule has 0 aromatic heterocycles. The van der Waals surface area contributed by atoms with E-state index in [-0.39, 0.29) is 6.54 Å². The monoisotopic (exact) mass is 514 g/mol. The molecule has 0 radical (unpaired) electrons. The highest BCUT2D eigenvalue weighted by Gasteiger charge is 2.65. The minimum Gasteiger partial charge on any atom is -0.458 e. The molecular formula is C27H34N2O6S.